The maximum atomic E-state index is 11.4. The first-order valence-electron chi connectivity index (χ1n) is 6.61. The highest BCUT2D eigenvalue weighted by atomic mass is 35.5. The van der Waals surface area contributed by atoms with E-state index in [1.165, 1.54) is 0 Å². The molecule has 0 aliphatic carbocycles. The third-order valence-electron chi connectivity index (χ3n) is 3.93. The van der Waals surface area contributed by atoms with Gasteiger partial charge in [0.2, 0.25) is 6.79 Å². The summed E-state index contributed by atoms with van der Waals surface area (Å²) in [4.78, 5) is 13.3. The Morgan fingerprint density at radius 1 is 1.50 bits per heavy atom. The molecule has 0 saturated carbocycles. The number of carbonyl (C=O) groups is 1. The van der Waals surface area contributed by atoms with Gasteiger partial charge in [-0.2, -0.15) is 0 Å². The summed E-state index contributed by atoms with van der Waals surface area (Å²) < 4.78 is 10.6. The van der Waals surface area contributed by atoms with Crippen molar-refractivity contribution in [1.82, 2.24) is 4.90 Å². The normalized spacial score (nSPS) is 25.1. The molecule has 3 rings (SSSR count). The van der Waals surface area contributed by atoms with E-state index in [1.807, 2.05) is 24.0 Å². The third-order valence-corrected chi connectivity index (χ3v) is 4.21. The van der Waals surface area contributed by atoms with Crippen LogP contribution in [0.25, 0.3) is 0 Å². The molecule has 1 fully saturated rings. The van der Waals surface area contributed by atoms with Crippen LogP contribution in [-0.4, -0.2) is 35.4 Å². The Morgan fingerprint density at radius 3 is 3.05 bits per heavy atom. The van der Waals surface area contributed by atoms with Crippen LogP contribution < -0.4 is 9.47 Å². The summed E-state index contributed by atoms with van der Waals surface area (Å²) in [6.45, 7) is 3.49. The van der Waals surface area contributed by atoms with E-state index >= 15 is 0 Å². The van der Waals surface area contributed by atoms with Crippen molar-refractivity contribution in [3.05, 3.63) is 22.7 Å². The van der Waals surface area contributed by atoms with Crippen LogP contribution in [0.15, 0.2) is 12.1 Å². The van der Waals surface area contributed by atoms with Crippen LogP contribution >= 0.6 is 11.6 Å². The zero-order valence-corrected chi connectivity index (χ0v) is 11.9. The first kappa shape index (κ1) is 13.5. The molecule has 0 spiro atoms. The zero-order valence-electron chi connectivity index (χ0n) is 11.1. The molecule has 5 nitrogen and oxygen atoms in total. The van der Waals surface area contributed by atoms with Crippen LogP contribution in [0.2, 0.25) is 5.02 Å². The lowest BCUT2D eigenvalue weighted by Crippen LogP contribution is -2.38. The second-order valence-electron chi connectivity index (χ2n) is 5.33. The fraction of sp³-hybridized carbons (Fsp3) is 0.500. The number of ether oxygens (including phenoxy) is 2. The van der Waals surface area contributed by atoms with Gasteiger partial charge in [-0.1, -0.05) is 18.5 Å². The SMILES string of the molecule is CC1CCN(Cc2cc(Cl)c3c(c2)OCO3)C1C(=O)O. The maximum absolute atomic E-state index is 11.4. The number of likely N-dealkylation sites (tertiary alicyclic amines) is 1. The molecule has 2 unspecified atom stereocenters. The van der Waals surface area contributed by atoms with Gasteiger partial charge in [0.1, 0.15) is 6.04 Å². The number of hydrogen-bond donors (Lipinski definition) is 1. The second kappa shape index (κ2) is 5.14. The molecule has 0 amide bonds. The fourth-order valence-corrected chi connectivity index (χ4v) is 3.24. The minimum absolute atomic E-state index is 0.164. The number of nitrogens with zero attached hydrogens (tertiary/aromatic N) is 1. The van der Waals surface area contributed by atoms with Crippen LogP contribution in [0.1, 0.15) is 18.9 Å². The molecule has 1 N–H and O–H groups in total. The average molecular weight is 298 g/mol. The van der Waals surface area contributed by atoms with Crippen LogP contribution in [0.4, 0.5) is 0 Å². The quantitative estimate of drug-likeness (QED) is 0.928. The van der Waals surface area contributed by atoms with Gasteiger partial charge in [-0.15, -0.1) is 0 Å². The van der Waals surface area contributed by atoms with Crippen LogP contribution in [0, 0.1) is 5.92 Å². The molecule has 1 aromatic rings. The fourth-order valence-electron chi connectivity index (χ4n) is 2.95. The topological polar surface area (TPSA) is 59.0 Å². The van der Waals surface area contributed by atoms with Crippen LogP contribution in [-0.2, 0) is 11.3 Å². The highest BCUT2D eigenvalue weighted by Gasteiger charge is 2.36. The molecule has 1 aromatic carbocycles. The van der Waals surface area contributed by atoms with E-state index in [4.69, 9.17) is 21.1 Å². The van der Waals surface area contributed by atoms with E-state index in [2.05, 4.69) is 0 Å². The number of benzene rings is 1. The largest absolute Gasteiger partial charge is 0.480 e. The van der Waals surface area contributed by atoms with E-state index in [-0.39, 0.29) is 12.7 Å². The Morgan fingerprint density at radius 2 is 2.30 bits per heavy atom. The van der Waals surface area contributed by atoms with Gasteiger partial charge < -0.3 is 14.6 Å². The highest BCUT2D eigenvalue weighted by Crippen LogP contribution is 2.40. The summed E-state index contributed by atoms with van der Waals surface area (Å²) in [5.74, 6) is 0.602. The van der Waals surface area contributed by atoms with Crippen molar-refractivity contribution in [2.24, 2.45) is 5.92 Å². The molecule has 2 aliphatic rings. The van der Waals surface area contributed by atoms with Crippen LogP contribution in [0.3, 0.4) is 0 Å². The molecule has 2 atom stereocenters. The summed E-state index contributed by atoms with van der Waals surface area (Å²) >= 11 is 6.15. The van der Waals surface area contributed by atoms with Crippen molar-refractivity contribution in [2.45, 2.75) is 25.9 Å². The lowest BCUT2D eigenvalue weighted by molar-refractivity contribution is -0.143. The van der Waals surface area contributed by atoms with Crippen molar-refractivity contribution >= 4 is 17.6 Å². The van der Waals surface area contributed by atoms with Crippen molar-refractivity contribution < 1.29 is 19.4 Å². The molecule has 108 valence electrons. The average Bonchev–Trinajstić information content (AvgIpc) is 2.96. The van der Waals surface area contributed by atoms with Crippen molar-refractivity contribution in [3.8, 4) is 11.5 Å². The Labute approximate surface area is 122 Å². The van der Waals surface area contributed by atoms with Gasteiger partial charge in [0.05, 0.1) is 5.02 Å². The Bertz CT molecular complexity index is 548. The molecular formula is C14H16ClNO4. The number of carboxylic acids is 1. The highest BCUT2D eigenvalue weighted by molar-refractivity contribution is 6.32. The van der Waals surface area contributed by atoms with Crippen molar-refractivity contribution in [3.63, 3.8) is 0 Å². The summed E-state index contributed by atoms with van der Waals surface area (Å²) in [6, 6.07) is 3.26. The number of aliphatic carboxylic acids is 1. The van der Waals surface area contributed by atoms with Gasteiger partial charge >= 0.3 is 5.97 Å². The maximum Gasteiger partial charge on any atom is 0.321 e. The molecule has 6 heteroatoms. The van der Waals surface area contributed by atoms with E-state index < -0.39 is 12.0 Å². The van der Waals surface area contributed by atoms with Gasteiger partial charge in [-0.25, -0.2) is 0 Å². The monoisotopic (exact) mass is 297 g/mol. The predicted octanol–water partition coefficient (Wildman–Crippen LogP) is 2.36. The molecule has 1 saturated heterocycles. The Hall–Kier alpha value is -1.46. The molecule has 2 aliphatic heterocycles. The van der Waals surface area contributed by atoms with Gasteiger partial charge in [0.15, 0.2) is 11.5 Å². The summed E-state index contributed by atoms with van der Waals surface area (Å²) in [5, 5.41) is 9.84. The number of rotatable bonds is 3. The summed E-state index contributed by atoms with van der Waals surface area (Å²) in [6.07, 6.45) is 0.898. The minimum atomic E-state index is -0.762. The molecule has 0 radical (unpaired) electrons. The van der Waals surface area contributed by atoms with E-state index in [1.54, 1.807) is 0 Å². The smallest absolute Gasteiger partial charge is 0.321 e. The van der Waals surface area contributed by atoms with E-state index in [0.717, 1.165) is 18.5 Å². The molecular weight excluding hydrogens is 282 g/mol. The number of fused-ring (bicyclic) bond motifs is 1. The second-order valence-corrected chi connectivity index (χ2v) is 5.74. The Kier molecular flexibility index (Phi) is 3.48. The molecule has 0 aromatic heterocycles. The standard InChI is InChI=1S/C14H16ClNO4/c1-8-2-3-16(12(8)14(17)18)6-9-4-10(15)13-11(5-9)19-7-20-13/h4-5,8,12H,2-3,6-7H2,1H3,(H,17,18). The first-order valence-corrected chi connectivity index (χ1v) is 6.99. The van der Waals surface area contributed by atoms with E-state index in [9.17, 15) is 9.90 Å². The van der Waals surface area contributed by atoms with E-state index in [0.29, 0.717) is 23.1 Å². The number of carboxylic acid groups (broad SMARTS) is 1. The molecule has 20 heavy (non-hydrogen) atoms. The summed E-state index contributed by atoms with van der Waals surface area (Å²) in [5.41, 5.74) is 0.944. The summed E-state index contributed by atoms with van der Waals surface area (Å²) in [7, 11) is 0. The van der Waals surface area contributed by atoms with Crippen molar-refractivity contribution in [1.29, 1.82) is 0 Å². The lowest BCUT2D eigenvalue weighted by atomic mass is 10.0. The Balaban J connectivity index is 1.81. The van der Waals surface area contributed by atoms with Crippen LogP contribution in [0.5, 0.6) is 11.5 Å². The zero-order chi connectivity index (χ0) is 14.3. The minimum Gasteiger partial charge on any atom is -0.480 e. The van der Waals surface area contributed by atoms with Crippen molar-refractivity contribution in [2.75, 3.05) is 13.3 Å². The van der Waals surface area contributed by atoms with Gasteiger partial charge in [0, 0.05) is 6.54 Å². The van der Waals surface area contributed by atoms with Gasteiger partial charge in [0.25, 0.3) is 0 Å². The number of hydrogen-bond acceptors (Lipinski definition) is 4. The van der Waals surface area contributed by atoms with Gasteiger partial charge in [-0.05, 0) is 36.6 Å². The predicted molar refractivity (Wildman–Crippen MR) is 73.2 cm³/mol. The third kappa shape index (κ3) is 2.31. The van der Waals surface area contributed by atoms with Gasteiger partial charge in [-0.3, -0.25) is 9.69 Å². The lowest BCUT2D eigenvalue weighted by Gasteiger charge is -2.23. The molecule has 2 heterocycles. The molecule has 0 bridgehead atoms. The number of halogens is 1. The first-order chi connectivity index (χ1) is 9.56.